The minimum atomic E-state index is -8.68. The van der Waals surface area contributed by atoms with E-state index in [2.05, 4.69) is 18.5 Å². The Balaban J connectivity index is 5.84. The van der Waals surface area contributed by atoms with Crippen molar-refractivity contribution >= 4 is 13.7 Å². The highest BCUT2D eigenvalue weighted by atomic mass is 31.2. The first-order chi connectivity index (χ1) is 22.6. The largest absolute Gasteiger partial charge is 0.472 e. The smallest absolute Gasteiger partial charge is 0.396 e. The monoisotopic (exact) mass is 817 g/mol. The standard InChI is InChI=1S/C23H33F16N2O9P/c1-41(2,3)4-5-49-51(45,46)50-7-6-47-12-16(24,25)18(28,29)20(32,33)22(36,37)23(38,39)21(34,35)19(30,31)17(26,27)13-48-11-15(44)40-8-14(9-42)10-43/h14,42-43H,4-13H2,1-3H3,(H-,40,44,45,46)/p+1. The minimum absolute atomic E-state index is 0.0883. The Labute approximate surface area is 277 Å². The summed E-state index contributed by atoms with van der Waals surface area (Å²) in [7, 11) is -0.148. The van der Waals surface area contributed by atoms with Crippen LogP contribution in [0.5, 0.6) is 0 Å². The summed E-state index contributed by atoms with van der Waals surface area (Å²) in [5.41, 5.74) is 0. The Morgan fingerprint density at radius 1 is 0.647 bits per heavy atom. The number of hydrogen-bond acceptors (Lipinski definition) is 8. The molecule has 0 aromatic heterocycles. The Hall–Kier alpha value is -1.74. The molecule has 0 aliphatic rings. The molecule has 51 heavy (non-hydrogen) atoms. The van der Waals surface area contributed by atoms with Crippen LogP contribution < -0.4 is 5.32 Å². The van der Waals surface area contributed by atoms with E-state index in [0.717, 1.165) is 0 Å². The van der Waals surface area contributed by atoms with E-state index in [1.165, 1.54) is 0 Å². The van der Waals surface area contributed by atoms with Gasteiger partial charge in [0.05, 0.1) is 34.4 Å². The van der Waals surface area contributed by atoms with Crippen molar-refractivity contribution in [3.05, 3.63) is 0 Å². The predicted molar refractivity (Wildman–Crippen MR) is 137 cm³/mol. The van der Waals surface area contributed by atoms with Gasteiger partial charge >= 0.3 is 55.2 Å². The molecule has 1 atom stereocenters. The Kier molecular flexibility index (Phi) is 16.6. The van der Waals surface area contributed by atoms with Crippen molar-refractivity contribution in [3.8, 4) is 0 Å². The lowest BCUT2D eigenvalue weighted by Gasteiger charge is -2.43. The van der Waals surface area contributed by atoms with E-state index >= 15 is 0 Å². The van der Waals surface area contributed by atoms with Gasteiger partial charge < -0.3 is 34.4 Å². The van der Waals surface area contributed by atoms with Crippen LogP contribution in [-0.4, -0.2) is 160 Å². The Bertz CT molecular complexity index is 1170. The first-order valence-electron chi connectivity index (χ1n) is 13.6. The van der Waals surface area contributed by atoms with Crippen LogP contribution in [0.2, 0.25) is 0 Å². The normalized spacial score (nSPS) is 16.1. The van der Waals surface area contributed by atoms with Crippen molar-refractivity contribution in [1.82, 2.24) is 5.32 Å². The number of phosphoric ester groups is 1. The molecule has 0 saturated carbocycles. The van der Waals surface area contributed by atoms with Crippen LogP contribution in [0.25, 0.3) is 0 Å². The molecular formula is C23H34F16N2O9P+. The van der Waals surface area contributed by atoms with Crippen molar-refractivity contribution in [3.63, 3.8) is 0 Å². The molecule has 0 spiro atoms. The SMILES string of the molecule is C[N+](C)(C)CCOP(=O)(O)OCCOCC(F)(F)C(F)(F)C(F)(F)C(F)(F)C(F)(F)C(F)(F)C(F)(F)C(F)(F)COCC(=O)NCC(CO)CO. The fraction of sp³-hybridized carbons (Fsp3) is 0.957. The molecule has 0 aromatic carbocycles. The number of rotatable bonds is 25. The van der Waals surface area contributed by atoms with Crippen LogP contribution in [0.3, 0.4) is 0 Å². The number of halogens is 16. The van der Waals surface area contributed by atoms with Crippen LogP contribution in [0.4, 0.5) is 70.2 Å². The van der Waals surface area contributed by atoms with Gasteiger partial charge in [-0.1, -0.05) is 0 Å². The van der Waals surface area contributed by atoms with Crippen molar-refractivity contribution in [2.45, 2.75) is 47.4 Å². The van der Waals surface area contributed by atoms with Crippen LogP contribution in [0.1, 0.15) is 0 Å². The number of carbonyl (C=O) groups is 1. The summed E-state index contributed by atoms with van der Waals surface area (Å²) in [6, 6.07) is 0. The Morgan fingerprint density at radius 2 is 1.02 bits per heavy atom. The lowest BCUT2D eigenvalue weighted by molar-refractivity contribution is -0.870. The van der Waals surface area contributed by atoms with Crippen LogP contribution in [0, 0.1) is 5.92 Å². The summed E-state index contributed by atoms with van der Waals surface area (Å²) in [6.45, 7) is -13.5. The number of nitrogens with zero attached hydrogens (tertiary/aromatic N) is 1. The summed E-state index contributed by atoms with van der Waals surface area (Å²) in [5, 5.41) is 19.3. The number of nitrogens with one attached hydrogen (secondary N) is 1. The topological polar surface area (TPSA) is 144 Å². The second kappa shape index (κ2) is 17.2. The molecule has 0 saturated heterocycles. The summed E-state index contributed by atoms with van der Waals surface area (Å²) in [6.07, 6.45) is 0. The van der Waals surface area contributed by atoms with Gasteiger partial charge in [-0.3, -0.25) is 13.8 Å². The molecule has 0 heterocycles. The van der Waals surface area contributed by atoms with Crippen molar-refractivity contribution in [2.75, 3.05) is 87.1 Å². The first kappa shape index (κ1) is 49.3. The third-order valence-corrected chi connectivity index (χ3v) is 7.31. The molecular weight excluding hydrogens is 783 g/mol. The highest BCUT2D eigenvalue weighted by Crippen LogP contribution is 2.63. The minimum Gasteiger partial charge on any atom is -0.396 e. The van der Waals surface area contributed by atoms with Gasteiger partial charge in [-0.25, -0.2) is 4.57 Å². The molecule has 0 rings (SSSR count). The van der Waals surface area contributed by atoms with E-state index in [-0.39, 0.29) is 11.0 Å². The number of aliphatic hydroxyl groups excluding tert-OH is 2. The predicted octanol–water partition coefficient (Wildman–Crippen LogP) is 3.66. The molecule has 11 nitrogen and oxygen atoms in total. The zero-order valence-corrected chi connectivity index (χ0v) is 27.3. The Morgan fingerprint density at radius 3 is 1.41 bits per heavy atom. The van der Waals surface area contributed by atoms with Gasteiger partial charge in [0.2, 0.25) is 5.91 Å². The van der Waals surface area contributed by atoms with E-state index in [4.69, 9.17) is 10.2 Å². The van der Waals surface area contributed by atoms with Gasteiger partial charge in [0.25, 0.3) is 0 Å². The van der Waals surface area contributed by atoms with Gasteiger partial charge in [0.15, 0.2) is 0 Å². The fourth-order valence-corrected chi connectivity index (χ4v) is 3.77. The average Bonchev–Trinajstić information content (AvgIpc) is 2.95. The van der Waals surface area contributed by atoms with E-state index in [0.29, 0.717) is 0 Å². The summed E-state index contributed by atoms with van der Waals surface area (Å²) in [4.78, 5) is 20.8. The number of hydrogen-bond donors (Lipinski definition) is 4. The van der Waals surface area contributed by atoms with Gasteiger partial charge in [-0.05, 0) is 0 Å². The molecule has 1 unspecified atom stereocenters. The molecule has 28 heteroatoms. The maximum Gasteiger partial charge on any atom is 0.472 e. The maximum atomic E-state index is 14.1. The molecule has 0 aliphatic carbocycles. The lowest BCUT2D eigenvalue weighted by Crippen LogP contribution is -2.75. The number of carbonyl (C=O) groups excluding carboxylic acids is 1. The summed E-state index contributed by atoms with van der Waals surface area (Å²) >= 11 is 0. The molecule has 0 fully saturated rings. The van der Waals surface area contributed by atoms with Crippen molar-refractivity contribution in [1.29, 1.82) is 0 Å². The summed E-state index contributed by atoms with van der Waals surface area (Å²) < 4.78 is 253. The zero-order valence-electron chi connectivity index (χ0n) is 26.4. The number of alkyl halides is 16. The maximum absolute atomic E-state index is 14.1. The molecule has 4 N–H and O–H groups in total. The van der Waals surface area contributed by atoms with Gasteiger partial charge in [0, 0.05) is 25.7 Å². The highest BCUT2D eigenvalue weighted by molar-refractivity contribution is 7.47. The fourth-order valence-electron chi connectivity index (χ4n) is 3.08. The second-order valence-corrected chi connectivity index (χ2v) is 13.0. The quantitative estimate of drug-likeness (QED) is 0.0470. The molecule has 0 radical (unpaired) electrons. The number of aliphatic hydroxyl groups is 2. The molecule has 1 amide bonds. The lowest BCUT2D eigenvalue weighted by atomic mass is 9.88. The molecule has 0 aromatic rings. The van der Waals surface area contributed by atoms with Crippen molar-refractivity contribution < 1.29 is 118 Å². The van der Waals surface area contributed by atoms with Crippen LogP contribution in [0.15, 0.2) is 0 Å². The van der Waals surface area contributed by atoms with E-state index in [1.54, 1.807) is 26.5 Å². The third-order valence-electron chi connectivity index (χ3n) is 6.29. The third kappa shape index (κ3) is 11.4. The van der Waals surface area contributed by atoms with Gasteiger partial charge in [-0.2, -0.15) is 70.2 Å². The van der Waals surface area contributed by atoms with E-state index in [9.17, 15) is 84.5 Å². The zero-order chi connectivity index (χ0) is 40.8. The highest BCUT2D eigenvalue weighted by Gasteiger charge is 2.94. The number of quaternary nitrogens is 1. The number of likely N-dealkylation sites (N-methyl/N-ethyl adjacent to an activating group) is 1. The van der Waals surface area contributed by atoms with Crippen LogP contribution >= 0.6 is 7.82 Å². The number of amides is 1. The van der Waals surface area contributed by atoms with Gasteiger partial charge in [-0.15, -0.1) is 0 Å². The van der Waals surface area contributed by atoms with Crippen molar-refractivity contribution in [2.24, 2.45) is 5.92 Å². The van der Waals surface area contributed by atoms with E-state index in [1.807, 2.05) is 0 Å². The number of phosphoric acid groups is 1. The number of ether oxygens (including phenoxy) is 2. The molecule has 0 bridgehead atoms. The molecule has 306 valence electrons. The summed E-state index contributed by atoms with van der Waals surface area (Å²) in [5.74, 6) is -66.3. The first-order valence-corrected chi connectivity index (χ1v) is 15.1. The van der Waals surface area contributed by atoms with Crippen LogP contribution in [-0.2, 0) is 27.9 Å². The average molecular weight is 817 g/mol. The molecule has 0 aliphatic heterocycles. The van der Waals surface area contributed by atoms with Gasteiger partial charge in [0.1, 0.15) is 33.0 Å². The second-order valence-electron chi connectivity index (χ2n) is 11.6. The van der Waals surface area contributed by atoms with E-state index < -0.39 is 126 Å².